The van der Waals surface area contributed by atoms with Gasteiger partial charge >= 0.3 is 0 Å². The number of anilines is 1. The van der Waals surface area contributed by atoms with Crippen LogP contribution in [0.1, 0.15) is 33.3 Å². The van der Waals surface area contributed by atoms with Crippen molar-refractivity contribution >= 4 is 11.6 Å². The summed E-state index contributed by atoms with van der Waals surface area (Å²) in [4.78, 5) is 14.3. The van der Waals surface area contributed by atoms with Crippen molar-refractivity contribution in [3.63, 3.8) is 0 Å². The van der Waals surface area contributed by atoms with E-state index in [1.54, 1.807) is 0 Å². The van der Waals surface area contributed by atoms with Gasteiger partial charge in [-0.15, -0.1) is 0 Å². The van der Waals surface area contributed by atoms with Crippen LogP contribution in [-0.4, -0.2) is 29.9 Å². The lowest BCUT2D eigenvalue weighted by atomic mass is 10.0. The van der Waals surface area contributed by atoms with Crippen molar-refractivity contribution in [1.82, 2.24) is 4.90 Å². The van der Waals surface area contributed by atoms with Crippen LogP contribution in [0, 0.1) is 5.92 Å². The molecular formula is C16H27N3O. The number of nitrogens with one attached hydrogen (secondary N) is 1. The fourth-order valence-corrected chi connectivity index (χ4v) is 1.95. The number of carbonyl (C=O) groups is 1. The molecule has 0 aliphatic heterocycles. The van der Waals surface area contributed by atoms with E-state index in [1.807, 2.05) is 32.0 Å². The highest BCUT2D eigenvalue weighted by Gasteiger charge is 2.17. The lowest BCUT2D eigenvalue weighted by Gasteiger charge is -2.19. The second-order valence-electron chi connectivity index (χ2n) is 5.30. The molecule has 4 heteroatoms. The van der Waals surface area contributed by atoms with Crippen molar-refractivity contribution in [3.05, 3.63) is 29.8 Å². The van der Waals surface area contributed by atoms with Gasteiger partial charge in [0.1, 0.15) is 0 Å². The van der Waals surface area contributed by atoms with E-state index in [1.165, 1.54) is 5.56 Å². The Kier molecular flexibility index (Phi) is 6.68. The molecule has 1 amide bonds. The molecule has 0 heterocycles. The van der Waals surface area contributed by atoms with Gasteiger partial charge in [0.15, 0.2) is 0 Å². The quantitative estimate of drug-likeness (QED) is 0.805. The summed E-state index contributed by atoms with van der Waals surface area (Å²) < 4.78 is 0. The Hall–Kier alpha value is -1.39. The first kappa shape index (κ1) is 16.7. The maximum Gasteiger partial charge on any atom is 0.228 e. The topological polar surface area (TPSA) is 58.4 Å². The highest BCUT2D eigenvalue weighted by Crippen LogP contribution is 2.14. The molecule has 0 saturated heterocycles. The van der Waals surface area contributed by atoms with Crippen LogP contribution in [0.15, 0.2) is 24.3 Å². The van der Waals surface area contributed by atoms with E-state index in [2.05, 4.69) is 30.1 Å². The van der Waals surface area contributed by atoms with Crippen LogP contribution in [-0.2, 0) is 11.3 Å². The van der Waals surface area contributed by atoms with Gasteiger partial charge in [0.05, 0.1) is 5.92 Å². The van der Waals surface area contributed by atoms with Gasteiger partial charge in [-0.1, -0.05) is 32.9 Å². The van der Waals surface area contributed by atoms with Crippen LogP contribution in [0.4, 0.5) is 5.69 Å². The third-order valence-corrected chi connectivity index (χ3v) is 3.70. The monoisotopic (exact) mass is 277 g/mol. The molecule has 0 aliphatic rings. The zero-order valence-electron chi connectivity index (χ0n) is 13.0. The molecule has 1 aromatic rings. The minimum Gasteiger partial charge on any atom is -0.327 e. The minimum absolute atomic E-state index is 0.0278. The number of amides is 1. The van der Waals surface area contributed by atoms with Crippen molar-refractivity contribution in [2.45, 2.75) is 40.3 Å². The molecule has 0 aliphatic carbocycles. The Morgan fingerprint density at radius 1 is 1.30 bits per heavy atom. The Bertz CT molecular complexity index is 427. The van der Waals surface area contributed by atoms with Crippen LogP contribution in [0.5, 0.6) is 0 Å². The van der Waals surface area contributed by atoms with Gasteiger partial charge in [0.2, 0.25) is 5.91 Å². The van der Waals surface area contributed by atoms with Crippen molar-refractivity contribution < 1.29 is 4.79 Å². The molecule has 0 aromatic heterocycles. The van der Waals surface area contributed by atoms with E-state index in [0.29, 0.717) is 0 Å². The summed E-state index contributed by atoms with van der Waals surface area (Å²) in [7, 11) is 0. The van der Waals surface area contributed by atoms with Gasteiger partial charge in [-0.2, -0.15) is 0 Å². The van der Waals surface area contributed by atoms with Crippen molar-refractivity contribution in [2.75, 3.05) is 18.4 Å². The van der Waals surface area contributed by atoms with Crippen LogP contribution >= 0.6 is 0 Å². The molecule has 1 aromatic carbocycles. The molecule has 2 atom stereocenters. The zero-order chi connectivity index (χ0) is 15.1. The molecule has 112 valence electrons. The number of nitrogens with two attached hydrogens (primary N) is 1. The first-order valence-corrected chi connectivity index (χ1v) is 7.35. The lowest BCUT2D eigenvalue weighted by Crippen LogP contribution is -2.34. The number of hydrogen-bond donors (Lipinski definition) is 2. The Morgan fingerprint density at radius 2 is 1.95 bits per heavy atom. The molecule has 0 radical (unpaired) electrons. The van der Waals surface area contributed by atoms with Gasteiger partial charge in [0.25, 0.3) is 0 Å². The fourth-order valence-electron chi connectivity index (χ4n) is 1.95. The number of benzene rings is 1. The molecule has 2 unspecified atom stereocenters. The third kappa shape index (κ3) is 4.94. The normalized spacial score (nSPS) is 14.1. The average molecular weight is 277 g/mol. The van der Waals surface area contributed by atoms with Crippen molar-refractivity contribution in [2.24, 2.45) is 11.7 Å². The maximum atomic E-state index is 12.0. The molecule has 3 N–H and O–H groups in total. The number of carbonyl (C=O) groups excluding carboxylic acids is 1. The summed E-state index contributed by atoms with van der Waals surface area (Å²) in [6, 6.07) is 7.86. The summed E-state index contributed by atoms with van der Waals surface area (Å²) >= 11 is 0. The van der Waals surface area contributed by atoms with Crippen LogP contribution in [0.2, 0.25) is 0 Å². The minimum atomic E-state index is -0.193. The Morgan fingerprint density at radius 3 is 2.50 bits per heavy atom. The van der Waals surface area contributed by atoms with Gasteiger partial charge in [-0.25, -0.2) is 0 Å². The smallest absolute Gasteiger partial charge is 0.228 e. The van der Waals surface area contributed by atoms with Crippen LogP contribution in [0.25, 0.3) is 0 Å². The molecule has 0 bridgehead atoms. The van der Waals surface area contributed by atoms with Gasteiger partial charge in [-0.05, 0) is 37.7 Å². The van der Waals surface area contributed by atoms with E-state index in [-0.39, 0.29) is 17.9 Å². The lowest BCUT2D eigenvalue weighted by molar-refractivity contribution is -0.119. The van der Waals surface area contributed by atoms with E-state index in [0.717, 1.165) is 25.3 Å². The molecule has 4 nitrogen and oxygen atoms in total. The average Bonchev–Trinajstić information content (AvgIpc) is 2.44. The van der Waals surface area contributed by atoms with E-state index >= 15 is 0 Å². The highest BCUT2D eigenvalue weighted by molar-refractivity contribution is 5.92. The van der Waals surface area contributed by atoms with Gasteiger partial charge in [-0.3, -0.25) is 9.69 Å². The molecule has 20 heavy (non-hydrogen) atoms. The fraction of sp³-hybridized carbons (Fsp3) is 0.562. The van der Waals surface area contributed by atoms with Crippen molar-refractivity contribution in [3.8, 4) is 0 Å². The summed E-state index contributed by atoms with van der Waals surface area (Å²) in [6.45, 7) is 10.9. The molecular weight excluding hydrogens is 250 g/mol. The SMILES string of the molecule is CCN(CC)Cc1cccc(NC(=O)C(C)C(C)N)c1. The van der Waals surface area contributed by atoms with E-state index < -0.39 is 0 Å². The molecule has 0 spiro atoms. The van der Waals surface area contributed by atoms with Gasteiger partial charge < -0.3 is 11.1 Å². The first-order valence-electron chi connectivity index (χ1n) is 7.35. The van der Waals surface area contributed by atoms with Gasteiger partial charge in [0, 0.05) is 18.3 Å². The predicted octanol–water partition coefficient (Wildman–Crippen LogP) is 2.45. The van der Waals surface area contributed by atoms with E-state index in [9.17, 15) is 4.79 Å². The largest absolute Gasteiger partial charge is 0.327 e. The van der Waals surface area contributed by atoms with Crippen LogP contribution < -0.4 is 11.1 Å². The van der Waals surface area contributed by atoms with E-state index in [4.69, 9.17) is 5.73 Å². The standard InChI is InChI=1S/C16H27N3O/c1-5-19(6-2)11-14-8-7-9-15(10-14)18-16(20)12(3)13(4)17/h7-10,12-13H,5-6,11,17H2,1-4H3,(H,18,20). The zero-order valence-corrected chi connectivity index (χ0v) is 13.0. The highest BCUT2D eigenvalue weighted by atomic mass is 16.1. The number of rotatable bonds is 7. The summed E-state index contributed by atoms with van der Waals surface area (Å²) in [5, 5.41) is 2.94. The Balaban J connectivity index is 2.71. The molecule has 0 fully saturated rings. The molecule has 1 rings (SSSR count). The first-order chi connectivity index (χ1) is 9.47. The third-order valence-electron chi connectivity index (χ3n) is 3.70. The second-order valence-corrected chi connectivity index (χ2v) is 5.30. The number of hydrogen-bond acceptors (Lipinski definition) is 3. The summed E-state index contributed by atoms with van der Waals surface area (Å²) in [6.07, 6.45) is 0. The summed E-state index contributed by atoms with van der Waals surface area (Å²) in [5.41, 5.74) is 7.80. The molecule has 0 saturated carbocycles. The predicted molar refractivity (Wildman–Crippen MR) is 84.5 cm³/mol. The summed E-state index contributed by atoms with van der Waals surface area (Å²) in [5.74, 6) is -0.221. The Labute approximate surface area is 122 Å². The van der Waals surface area contributed by atoms with Crippen LogP contribution in [0.3, 0.4) is 0 Å². The van der Waals surface area contributed by atoms with Crippen molar-refractivity contribution in [1.29, 1.82) is 0 Å². The maximum absolute atomic E-state index is 12.0. The second kappa shape index (κ2) is 8.02. The number of nitrogens with zero attached hydrogens (tertiary/aromatic N) is 1.